The lowest BCUT2D eigenvalue weighted by atomic mass is 9.74. The van der Waals surface area contributed by atoms with Crippen LogP contribution in [-0.2, 0) is 14.9 Å². The van der Waals surface area contributed by atoms with Gasteiger partial charge in [0.15, 0.2) is 0 Å². The number of nitrogens with one attached hydrogen (secondary N) is 1. The van der Waals surface area contributed by atoms with Crippen molar-refractivity contribution in [2.45, 2.75) is 69.9 Å². The van der Waals surface area contributed by atoms with Gasteiger partial charge in [0.25, 0.3) is 5.91 Å². The molecule has 1 N–H and O–H groups in total. The number of benzene rings is 1. The number of ether oxygens (including phenoxy) is 1. The molecule has 3 aliphatic rings. The molecule has 2 saturated heterocycles. The summed E-state index contributed by atoms with van der Waals surface area (Å²) >= 11 is 0. The first-order valence-corrected chi connectivity index (χ1v) is 12.9. The van der Waals surface area contributed by atoms with Crippen molar-refractivity contribution in [2.24, 2.45) is 0 Å². The summed E-state index contributed by atoms with van der Waals surface area (Å²) in [7, 11) is 0. The number of hydrogen-bond donors (Lipinski definition) is 1. The number of carbonyl (C=O) groups is 2. The molecule has 2 aliphatic heterocycles. The summed E-state index contributed by atoms with van der Waals surface area (Å²) < 4.78 is 5.19. The molecule has 0 radical (unpaired) electrons. The molecule has 34 heavy (non-hydrogen) atoms. The zero-order chi connectivity index (χ0) is 24.1. The highest BCUT2D eigenvalue weighted by Gasteiger charge is 2.43. The molecule has 2 amide bonds. The number of likely N-dealkylation sites (tertiary alicyclic amines) is 2. The van der Waals surface area contributed by atoms with Gasteiger partial charge in [-0.05, 0) is 62.7 Å². The first-order chi connectivity index (χ1) is 16.5. The molecule has 0 aromatic heterocycles. The largest absolute Gasteiger partial charge is 0.445 e. The maximum Gasteiger partial charge on any atom is 0.410 e. The summed E-state index contributed by atoms with van der Waals surface area (Å²) in [4.78, 5) is 29.7. The monoisotopic (exact) mass is 467 g/mol. The van der Waals surface area contributed by atoms with Crippen LogP contribution in [0.4, 0.5) is 4.79 Å². The number of fused-ring (bicyclic) bond motifs is 2. The van der Waals surface area contributed by atoms with E-state index in [1.165, 1.54) is 5.56 Å². The highest BCUT2D eigenvalue weighted by molar-refractivity contribution is 6.21. The van der Waals surface area contributed by atoms with Gasteiger partial charge in [0, 0.05) is 37.6 Å². The van der Waals surface area contributed by atoms with E-state index in [9.17, 15) is 9.59 Å². The molecular weight excluding hydrogens is 426 g/mol. The number of nitrogens with zero attached hydrogens (tertiary/aromatic N) is 2. The normalized spacial score (nSPS) is 20.2. The van der Waals surface area contributed by atoms with Gasteiger partial charge in [0.1, 0.15) is 6.61 Å². The standard InChI is InChI=1S/C28H39N3O3.H2/c1-4-19-34-27(33)31-15-11-22(12-16-31)30-17-13-28(14-18-30)20-24(23-9-7-8-10-25(23)28)26(32)29-21(5-2)6-3;/h4,7-10,20-22H,1,5-6,11-19H2,2-3H3,(H,29,32);1H. The second kappa shape index (κ2) is 10.8. The first-order valence-electron chi connectivity index (χ1n) is 12.9. The number of allylic oxidation sites excluding steroid dienone is 1. The highest BCUT2D eigenvalue weighted by atomic mass is 16.6. The minimum absolute atomic E-state index is 0. The Bertz CT molecular complexity index is 927. The molecule has 6 nitrogen and oxygen atoms in total. The quantitative estimate of drug-likeness (QED) is 0.588. The molecule has 0 atom stereocenters. The zero-order valence-electron chi connectivity index (χ0n) is 20.7. The third kappa shape index (κ3) is 4.92. The number of piperidine rings is 2. The molecule has 186 valence electrons. The van der Waals surface area contributed by atoms with Gasteiger partial charge in [-0.15, -0.1) is 0 Å². The third-order valence-electron chi connectivity index (χ3n) is 7.99. The van der Waals surface area contributed by atoms with Gasteiger partial charge in [-0.3, -0.25) is 4.79 Å². The van der Waals surface area contributed by atoms with Crippen LogP contribution in [0.1, 0.15) is 64.9 Å². The smallest absolute Gasteiger partial charge is 0.410 e. The molecular formula is C28H41N3O3. The Morgan fingerprint density at radius 2 is 1.85 bits per heavy atom. The maximum absolute atomic E-state index is 13.2. The van der Waals surface area contributed by atoms with Crippen molar-refractivity contribution in [3.63, 3.8) is 0 Å². The molecule has 1 aromatic rings. The molecule has 0 saturated carbocycles. The average molecular weight is 468 g/mol. The predicted octanol–water partition coefficient (Wildman–Crippen LogP) is 4.76. The van der Waals surface area contributed by atoms with Crippen LogP contribution in [0.5, 0.6) is 0 Å². The summed E-state index contributed by atoms with van der Waals surface area (Å²) in [6.07, 6.45) is 9.53. The average Bonchev–Trinajstić information content (AvgIpc) is 3.20. The molecule has 2 heterocycles. The van der Waals surface area contributed by atoms with Crippen molar-refractivity contribution in [1.29, 1.82) is 0 Å². The maximum atomic E-state index is 13.2. The minimum Gasteiger partial charge on any atom is -0.445 e. The number of rotatable bonds is 7. The lowest BCUT2D eigenvalue weighted by Crippen LogP contribution is -2.51. The van der Waals surface area contributed by atoms with Crippen LogP contribution in [0.3, 0.4) is 0 Å². The SMILES string of the molecule is C=CCOC(=O)N1CCC(N2CCC3(C=C(C(=O)NC(CC)CC)c4ccccc43)CC2)CC1.[HH]. The van der Waals surface area contributed by atoms with E-state index < -0.39 is 0 Å². The van der Waals surface area contributed by atoms with Gasteiger partial charge in [-0.1, -0.05) is 56.8 Å². The van der Waals surface area contributed by atoms with Crippen molar-refractivity contribution in [3.8, 4) is 0 Å². The molecule has 1 aliphatic carbocycles. The fourth-order valence-corrected chi connectivity index (χ4v) is 5.86. The molecule has 2 fully saturated rings. The first kappa shape index (κ1) is 24.5. The van der Waals surface area contributed by atoms with Crippen molar-refractivity contribution < 1.29 is 15.8 Å². The second-order valence-electron chi connectivity index (χ2n) is 9.87. The molecule has 1 aromatic carbocycles. The van der Waals surface area contributed by atoms with Crippen LogP contribution in [-0.4, -0.2) is 66.7 Å². The van der Waals surface area contributed by atoms with E-state index in [2.05, 4.69) is 54.9 Å². The Morgan fingerprint density at radius 1 is 1.18 bits per heavy atom. The van der Waals surface area contributed by atoms with Gasteiger partial charge in [-0.25, -0.2) is 4.79 Å². The van der Waals surface area contributed by atoms with Gasteiger partial charge in [0.05, 0.1) is 0 Å². The van der Waals surface area contributed by atoms with E-state index in [1.54, 1.807) is 6.08 Å². The van der Waals surface area contributed by atoms with Gasteiger partial charge >= 0.3 is 6.09 Å². The van der Waals surface area contributed by atoms with E-state index >= 15 is 0 Å². The summed E-state index contributed by atoms with van der Waals surface area (Å²) in [5.74, 6) is 0.0659. The van der Waals surface area contributed by atoms with E-state index in [1.807, 2.05) is 11.0 Å². The molecule has 0 bridgehead atoms. The molecule has 4 rings (SSSR count). The Kier molecular flexibility index (Phi) is 7.77. The van der Waals surface area contributed by atoms with E-state index in [0.717, 1.165) is 75.8 Å². The van der Waals surface area contributed by atoms with Crippen LogP contribution in [0.2, 0.25) is 0 Å². The van der Waals surface area contributed by atoms with E-state index in [0.29, 0.717) is 6.04 Å². The number of amides is 2. The predicted molar refractivity (Wildman–Crippen MR) is 138 cm³/mol. The van der Waals surface area contributed by atoms with E-state index in [4.69, 9.17) is 4.74 Å². The van der Waals surface area contributed by atoms with Crippen molar-refractivity contribution >= 4 is 17.6 Å². The second-order valence-corrected chi connectivity index (χ2v) is 9.87. The molecule has 1 spiro atoms. The lowest BCUT2D eigenvalue weighted by Gasteiger charge is -2.44. The Balaban J connectivity index is 0.00000342. The van der Waals surface area contributed by atoms with Crippen molar-refractivity contribution in [3.05, 3.63) is 54.1 Å². The van der Waals surface area contributed by atoms with E-state index in [-0.39, 0.29) is 31.5 Å². The molecule has 6 heteroatoms. The van der Waals surface area contributed by atoms with Crippen LogP contribution in [0.25, 0.3) is 5.57 Å². The fourth-order valence-electron chi connectivity index (χ4n) is 5.86. The summed E-state index contributed by atoms with van der Waals surface area (Å²) in [6, 6.07) is 9.18. The Hall–Kier alpha value is -2.60. The summed E-state index contributed by atoms with van der Waals surface area (Å²) in [6.45, 7) is 11.6. The lowest BCUT2D eigenvalue weighted by molar-refractivity contribution is -0.116. The highest BCUT2D eigenvalue weighted by Crippen LogP contribution is 2.47. The number of hydrogen-bond acceptors (Lipinski definition) is 4. The van der Waals surface area contributed by atoms with Crippen LogP contribution in [0, 0.1) is 0 Å². The molecule has 0 unspecified atom stereocenters. The van der Waals surface area contributed by atoms with Crippen LogP contribution < -0.4 is 5.32 Å². The Morgan fingerprint density at radius 3 is 2.50 bits per heavy atom. The van der Waals surface area contributed by atoms with Gasteiger partial charge in [-0.2, -0.15) is 0 Å². The fraction of sp³-hybridized carbons (Fsp3) is 0.571. The van der Waals surface area contributed by atoms with Crippen LogP contribution >= 0.6 is 0 Å². The topological polar surface area (TPSA) is 61.9 Å². The third-order valence-corrected chi connectivity index (χ3v) is 7.99. The minimum atomic E-state index is -0.233. The van der Waals surface area contributed by atoms with Crippen LogP contribution in [0.15, 0.2) is 43.0 Å². The van der Waals surface area contributed by atoms with Gasteiger partial charge in [0.2, 0.25) is 0 Å². The summed E-state index contributed by atoms with van der Waals surface area (Å²) in [5.41, 5.74) is 3.21. The van der Waals surface area contributed by atoms with Gasteiger partial charge < -0.3 is 19.9 Å². The number of carbonyl (C=O) groups excluding carboxylic acids is 2. The van der Waals surface area contributed by atoms with Crippen molar-refractivity contribution in [2.75, 3.05) is 32.8 Å². The van der Waals surface area contributed by atoms with Crippen molar-refractivity contribution in [1.82, 2.24) is 15.1 Å². The Labute approximate surface area is 205 Å². The summed E-state index contributed by atoms with van der Waals surface area (Å²) in [5, 5.41) is 3.24. The zero-order valence-corrected chi connectivity index (χ0v) is 20.7.